The third-order valence-corrected chi connectivity index (χ3v) is 4.01. The Morgan fingerprint density at radius 2 is 1.95 bits per heavy atom. The Morgan fingerprint density at radius 3 is 2.73 bits per heavy atom. The zero-order chi connectivity index (χ0) is 15.2. The number of ketones is 1. The molecule has 2 nitrogen and oxygen atoms in total. The Labute approximate surface area is 131 Å². The van der Waals surface area contributed by atoms with Crippen molar-refractivity contribution >= 4 is 5.78 Å². The molecule has 2 heteroatoms. The number of nitrogens with one attached hydrogen (secondary N) is 1. The number of allylic oxidation sites excluding steroid dienone is 2. The maximum atomic E-state index is 12.0. The van der Waals surface area contributed by atoms with Crippen molar-refractivity contribution in [1.29, 1.82) is 0 Å². The predicted molar refractivity (Wildman–Crippen MR) is 87.3 cm³/mol. The molecule has 3 rings (SSSR count). The Bertz CT molecular complexity index is 646. The molecule has 22 heavy (non-hydrogen) atoms. The zero-order valence-electron chi connectivity index (χ0n) is 12.5. The van der Waals surface area contributed by atoms with E-state index in [0.717, 1.165) is 25.1 Å². The SMILES string of the molecule is O=C1C=C(NCCc2cc#ccc2)CC(c2ccccc2)C1. The molecule has 2 aromatic carbocycles. The zero-order valence-corrected chi connectivity index (χ0v) is 12.5. The van der Waals surface area contributed by atoms with Crippen LogP contribution in [0.5, 0.6) is 0 Å². The van der Waals surface area contributed by atoms with Crippen LogP contribution in [0, 0.1) is 12.1 Å². The van der Waals surface area contributed by atoms with Crippen molar-refractivity contribution in [2.24, 2.45) is 0 Å². The van der Waals surface area contributed by atoms with Gasteiger partial charge >= 0.3 is 0 Å². The molecule has 0 saturated heterocycles. The van der Waals surface area contributed by atoms with E-state index in [9.17, 15) is 4.79 Å². The summed E-state index contributed by atoms with van der Waals surface area (Å²) >= 11 is 0. The van der Waals surface area contributed by atoms with Crippen LogP contribution in [0.15, 0.2) is 60.3 Å². The van der Waals surface area contributed by atoms with Gasteiger partial charge in [0, 0.05) is 24.7 Å². The fourth-order valence-electron chi connectivity index (χ4n) is 2.88. The molecule has 0 aliphatic heterocycles. The lowest BCUT2D eigenvalue weighted by atomic mass is 9.85. The van der Waals surface area contributed by atoms with Gasteiger partial charge in [-0.3, -0.25) is 4.79 Å². The van der Waals surface area contributed by atoms with Crippen molar-refractivity contribution < 1.29 is 4.79 Å². The first-order valence-electron chi connectivity index (χ1n) is 7.70. The molecule has 0 saturated carbocycles. The van der Waals surface area contributed by atoms with E-state index in [2.05, 4.69) is 29.6 Å². The number of hydrogen-bond acceptors (Lipinski definition) is 2. The first kappa shape index (κ1) is 14.4. The van der Waals surface area contributed by atoms with E-state index in [1.807, 2.05) is 36.4 Å². The molecule has 0 radical (unpaired) electrons. The smallest absolute Gasteiger partial charge is 0.158 e. The van der Waals surface area contributed by atoms with Crippen molar-refractivity contribution in [2.75, 3.05) is 6.54 Å². The summed E-state index contributed by atoms with van der Waals surface area (Å²) in [6, 6.07) is 22.0. The summed E-state index contributed by atoms with van der Waals surface area (Å²) in [5.74, 6) is 0.506. The summed E-state index contributed by atoms with van der Waals surface area (Å²) in [6.07, 6.45) is 4.21. The van der Waals surface area contributed by atoms with Gasteiger partial charge in [-0.05, 0) is 48.1 Å². The minimum absolute atomic E-state index is 0.213. The minimum atomic E-state index is 0.213. The van der Waals surface area contributed by atoms with Gasteiger partial charge < -0.3 is 5.32 Å². The molecule has 110 valence electrons. The summed E-state index contributed by atoms with van der Waals surface area (Å²) in [7, 11) is 0. The summed E-state index contributed by atoms with van der Waals surface area (Å²) in [6.45, 7) is 0.832. The molecular weight excluding hydrogens is 270 g/mol. The summed E-state index contributed by atoms with van der Waals surface area (Å²) < 4.78 is 0. The first-order chi connectivity index (χ1) is 10.8. The lowest BCUT2D eigenvalue weighted by molar-refractivity contribution is -0.115. The van der Waals surface area contributed by atoms with Crippen LogP contribution >= 0.6 is 0 Å². The van der Waals surface area contributed by atoms with Gasteiger partial charge in [0.25, 0.3) is 0 Å². The van der Waals surface area contributed by atoms with E-state index in [1.54, 1.807) is 6.08 Å². The maximum absolute atomic E-state index is 12.0. The van der Waals surface area contributed by atoms with E-state index < -0.39 is 0 Å². The molecule has 2 aromatic rings. The average Bonchev–Trinajstić information content (AvgIpc) is 2.56. The van der Waals surface area contributed by atoms with Crippen LogP contribution in [-0.2, 0) is 11.2 Å². The van der Waals surface area contributed by atoms with Crippen molar-refractivity contribution in [3.05, 3.63) is 83.6 Å². The third kappa shape index (κ3) is 3.77. The van der Waals surface area contributed by atoms with Crippen LogP contribution in [0.1, 0.15) is 29.9 Å². The fraction of sp³-hybridized carbons (Fsp3) is 0.250. The molecule has 1 atom stereocenters. The Kier molecular flexibility index (Phi) is 4.56. The Hall–Kier alpha value is -2.53. The van der Waals surface area contributed by atoms with Crippen LogP contribution in [-0.4, -0.2) is 12.3 Å². The topological polar surface area (TPSA) is 29.1 Å². The fourth-order valence-corrected chi connectivity index (χ4v) is 2.88. The predicted octanol–water partition coefficient (Wildman–Crippen LogP) is 3.45. The van der Waals surface area contributed by atoms with E-state index in [4.69, 9.17) is 0 Å². The van der Waals surface area contributed by atoms with E-state index >= 15 is 0 Å². The summed E-state index contributed by atoms with van der Waals surface area (Å²) in [4.78, 5) is 12.0. The quantitative estimate of drug-likeness (QED) is 0.913. The second kappa shape index (κ2) is 6.95. The first-order valence-corrected chi connectivity index (χ1v) is 7.70. The Balaban J connectivity index is 1.58. The second-order valence-electron chi connectivity index (χ2n) is 5.67. The Morgan fingerprint density at radius 1 is 1.09 bits per heavy atom. The number of carbonyl (C=O) groups excluding carboxylic acids is 1. The van der Waals surface area contributed by atoms with E-state index in [0.29, 0.717) is 12.3 Å². The van der Waals surface area contributed by atoms with Crippen LogP contribution in [0.4, 0.5) is 0 Å². The average molecular weight is 289 g/mol. The number of rotatable bonds is 5. The highest BCUT2D eigenvalue weighted by Gasteiger charge is 2.21. The lowest BCUT2D eigenvalue weighted by Gasteiger charge is -2.23. The van der Waals surface area contributed by atoms with Crippen molar-refractivity contribution in [1.82, 2.24) is 5.32 Å². The second-order valence-corrected chi connectivity index (χ2v) is 5.67. The summed E-state index contributed by atoms with van der Waals surface area (Å²) in [5.41, 5.74) is 3.53. The van der Waals surface area contributed by atoms with Crippen molar-refractivity contribution in [3.8, 4) is 0 Å². The van der Waals surface area contributed by atoms with Crippen LogP contribution in [0.3, 0.4) is 0 Å². The molecular formula is C20H19NO. The number of hydrogen-bond donors (Lipinski definition) is 1. The van der Waals surface area contributed by atoms with Gasteiger partial charge in [-0.25, -0.2) is 0 Å². The molecule has 0 bridgehead atoms. The largest absolute Gasteiger partial charge is 0.388 e. The molecule has 1 aliphatic carbocycles. The highest BCUT2D eigenvalue weighted by atomic mass is 16.1. The highest BCUT2D eigenvalue weighted by Crippen LogP contribution is 2.30. The number of benzene rings is 1. The van der Waals surface area contributed by atoms with E-state index in [-0.39, 0.29) is 5.78 Å². The molecule has 0 spiro atoms. The molecule has 1 N–H and O–H groups in total. The van der Waals surface area contributed by atoms with Crippen LogP contribution in [0.25, 0.3) is 0 Å². The standard InChI is InChI=1S/C20H19NO/c22-20-14-18(17-9-5-2-6-10-17)13-19(15-20)21-12-11-16-7-3-1-4-8-16/h2-3,5-10,15,18,21H,11-14H2. The minimum Gasteiger partial charge on any atom is -0.388 e. The summed E-state index contributed by atoms with van der Waals surface area (Å²) in [5, 5.41) is 3.42. The number of carbonyl (C=O) groups is 1. The van der Waals surface area contributed by atoms with Gasteiger partial charge in [-0.2, -0.15) is 0 Å². The molecule has 0 aromatic heterocycles. The van der Waals surface area contributed by atoms with Gasteiger partial charge in [0.1, 0.15) is 0 Å². The van der Waals surface area contributed by atoms with Gasteiger partial charge in [0.15, 0.2) is 5.78 Å². The van der Waals surface area contributed by atoms with Gasteiger partial charge in [-0.15, -0.1) is 0 Å². The molecule has 0 fully saturated rings. The van der Waals surface area contributed by atoms with Crippen molar-refractivity contribution in [2.45, 2.75) is 25.2 Å². The van der Waals surface area contributed by atoms with Crippen molar-refractivity contribution in [3.63, 3.8) is 0 Å². The maximum Gasteiger partial charge on any atom is 0.158 e. The molecule has 1 unspecified atom stereocenters. The van der Waals surface area contributed by atoms with Gasteiger partial charge in [-0.1, -0.05) is 42.5 Å². The highest BCUT2D eigenvalue weighted by molar-refractivity contribution is 5.91. The van der Waals surface area contributed by atoms with Crippen LogP contribution in [0.2, 0.25) is 0 Å². The monoisotopic (exact) mass is 289 g/mol. The lowest BCUT2D eigenvalue weighted by Crippen LogP contribution is -2.23. The van der Waals surface area contributed by atoms with E-state index in [1.165, 1.54) is 11.1 Å². The normalized spacial score (nSPS) is 17.5. The molecule has 1 aliphatic rings. The molecule has 0 amide bonds. The van der Waals surface area contributed by atoms with Gasteiger partial charge in [0.05, 0.1) is 0 Å². The molecule has 0 heterocycles. The van der Waals surface area contributed by atoms with Crippen LogP contribution < -0.4 is 5.32 Å². The third-order valence-electron chi connectivity index (χ3n) is 4.01. The van der Waals surface area contributed by atoms with Gasteiger partial charge in [0.2, 0.25) is 0 Å².